The van der Waals surface area contributed by atoms with Crippen LogP contribution < -0.4 is 0 Å². The lowest BCUT2D eigenvalue weighted by Crippen LogP contribution is -2.23. The highest BCUT2D eigenvalue weighted by Crippen LogP contribution is 2.43. The second kappa shape index (κ2) is 4.00. The van der Waals surface area contributed by atoms with Gasteiger partial charge in [-0.1, -0.05) is 24.3 Å². The van der Waals surface area contributed by atoms with E-state index in [2.05, 4.69) is 23.3 Å². The largest absolute Gasteiger partial charge is 0.388 e. The van der Waals surface area contributed by atoms with Gasteiger partial charge in [0, 0.05) is 24.2 Å². The van der Waals surface area contributed by atoms with Gasteiger partial charge < -0.3 is 5.11 Å². The first-order valence-electron chi connectivity index (χ1n) is 6.08. The molecule has 0 amide bonds. The molecule has 0 saturated carbocycles. The minimum absolute atomic E-state index is 0.237. The van der Waals surface area contributed by atoms with Crippen molar-refractivity contribution in [3.8, 4) is 0 Å². The van der Waals surface area contributed by atoms with Crippen molar-refractivity contribution < 1.29 is 5.11 Å². The van der Waals surface area contributed by atoms with Gasteiger partial charge in [0.25, 0.3) is 0 Å². The second-order valence-electron chi connectivity index (χ2n) is 4.58. The molecule has 0 radical (unpaired) electrons. The summed E-state index contributed by atoms with van der Waals surface area (Å²) in [5.41, 5.74) is 3.56. The first kappa shape index (κ1) is 10.5. The zero-order valence-electron chi connectivity index (χ0n) is 9.87. The van der Waals surface area contributed by atoms with Crippen molar-refractivity contribution in [2.24, 2.45) is 0 Å². The molecular weight excluding hydrogens is 212 g/mol. The topological polar surface area (TPSA) is 38.0 Å². The van der Waals surface area contributed by atoms with Gasteiger partial charge in [-0.25, -0.2) is 0 Å². The van der Waals surface area contributed by atoms with E-state index in [4.69, 9.17) is 0 Å². The zero-order valence-corrected chi connectivity index (χ0v) is 9.87. The molecule has 0 bridgehead atoms. The molecule has 3 nitrogen and oxygen atoms in total. The van der Waals surface area contributed by atoms with Crippen molar-refractivity contribution in [2.45, 2.75) is 31.9 Å². The van der Waals surface area contributed by atoms with Crippen LogP contribution in [0.5, 0.6) is 0 Å². The number of hydrogen-bond donors (Lipinski definition) is 1. The normalized spacial score (nSPS) is 19.5. The van der Waals surface area contributed by atoms with E-state index >= 15 is 0 Å². The lowest BCUT2D eigenvalue weighted by molar-refractivity contribution is 0.134. The van der Waals surface area contributed by atoms with Gasteiger partial charge in [0.05, 0.1) is 12.3 Å². The van der Waals surface area contributed by atoms with Crippen LogP contribution in [0.15, 0.2) is 36.7 Å². The zero-order chi connectivity index (χ0) is 11.8. The Balaban J connectivity index is 1.83. The molecule has 2 unspecified atom stereocenters. The molecule has 0 spiro atoms. The molecule has 17 heavy (non-hydrogen) atoms. The molecule has 3 rings (SSSR count). The smallest absolute Gasteiger partial charge is 0.0892 e. The number of fused-ring (bicyclic) bond motifs is 1. The predicted molar refractivity (Wildman–Crippen MR) is 65.7 cm³/mol. The lowest BCUT2D eigenvalue weighted by atomic mass is 9.73. The monoisotopic (exact) mass is 228 g/mol. The Morgan fingerprint density at radius 1 is 1.47 bits per heavy atom. The minimum Gasteiger partial charge on any atom is -0.388 e. The maximum absolute atomic E-state index is 10.3. The van der Waals surface area contributed by atoms with Crippen molar-refractivity contribution in [3.63, 3.8) is 0 Å². The molecule has 88 valence electrons. The van der Waals surface area contributed by atoms with Gasteiger partial charge in [-0.3, -0.25) is 4.68 Å². The summed E-state index contributed by atoms with van der Waals surface area (Å²) in [4.78, 5) is 0. The van der Waals surface area contributed by atoms with Crippen LogP contribution in [-0.4, -0.2) is 14.9 Å². The Morgan fingerprint density at radius 2 is 2.29 bits per heavy atom. The SMILES string of the molecule is CCn1cc(C(O)C2Cc3ccccc32)cn1. The van der Waals surface area contributed by atoms with Crippen LogP contribution in [0.25, 0.3) is 0 Å². The molecule has 1 aromatic heterocycles. The highest BCUT2D eigenvalue weighted by molar-refractivity contribution is 5.42. The Bertz CT molecular complexity index is 533. The van der Waals surface area contributed by atoms with E-state index in [0.717, 1.165) is 18.5 Å². The molecule has 1 heterocycles. The van der Waals surface area contributed by atoms with Crippen LogP contribution in [0.2, 0.25) is 0 Å². The maximum Gasteiger partial charge on any atom is 0.0892 e. The third-order valence-electron chi connectivity index (χ3n) is 3.59. The van der Waals surface area contributed by atoms with Crippen LogP contribution in [0, 0.1) is 0 Å². The molecule has 2 aromatic rings. The average Bonchev–Trinajstić information content (AvgIpc) is 2.79. The maximum atomic E-state index is 10.3. The molecule has 1 aliphatic carbocycles. The van der Waals surface area contributed by atoms with Crippen LogP contribution in [0.1, 0.15) is 35.6 Å². The number of aryl methyl sites for hydroxylation is 1. The van der Waals surface area contributed by atoms with E-state index < -0.39 is 6.10 Å². The Morgan fingerprint density at radius 3 is 3.00 bits per heavy atom. The van der Waals surface area contributed by atoms with Gasteiger partial charge in [-0.05, 0) is 24.5 Å². The van der Waals surface area contributed by atoms with Crippen molar-refractivity contribution in [1.29, 1.82) is 0 Å². The number of aliphatic hydroxyl groups is 1. The van der Waals surface area contributed by atoms with E-state index in [1.165, 1.54) is 11.1 Å². The van der Waals surface area contributed by atoms with Gasteiger partial charge in [0.2, 0.25) is 0 Å². The summed E-state index contributed by atoms with van der Waals surface area (Å²) in [6.07, 6.45) is 4.25. The first-order chi connectivity index (χ1) is 8.29. The Hall–Kier alpha value is -1.61. The molecule has 1 aliphatic rings. The highest BCUT2D eigenvalue weighted by Gasteiger charge is 2.32. The number of nitrogens with zero attached hydrogens (tertiary/aromatic N) is 2. The van der Waals surface area contributed by atoms with Crippen molar-refractivity contribution in [2.75, 3.05) is 0 Å². The van der Waals surface area contributed by atoms with Crippen molar-refractivity contribution in [1.82, 2.24) is 9.78 Å². The average molecular weight is 228 g/mol. The van der Waals surface area contributed by atoms with E-state index in [1.807, 2.05) is 23.9 Å². The van der Waals surface area contributed by atoms with Gasteiger partial charge >= 0.3 is 0 Å². The third-order valence-corrected chi connectivity index (χ3v) is 3.59. The number of aromatic nitrogens is 2. The van der Waals surface area contributed by atoms with E-state index in [1.54, 1.807) is 6.20 Å². The van der Waals surface area contributed by atoms with Gasteiger partial charge in [0.1, 0.15) is 0 Å². The quantitative estimate of drug-likeness (QED) is 0.875. The van der Waals surface area contributed by atoms with Gasteiger partial charge in [-0.2, -0.15) is 5.10 Å². The first-order valence-corrected chi connectivity index (χ1v) is 6.08. The van der Waals surface area contributed by atoms with Gasteiger partial charge in [0.15, 0.2) is 0 Å². The molecule has 1 N–H and O–H groups in total. The molecular formula is C14H16N2O. The summed E-state index contributed by atoms with van der Waals surface area (Å²) < 4.78 is 1.85. The molecule has 0 saturated heterocycles. The third kappa shape index (κ3) is 1.67. The van der Waals surface area contributed by atoms with E-state index in [-0.39, 0.29) is 5.92 Å². The van der Waals surface area contributed by atoms with Crippen molar-refractivity contribution >= 4 is 0 Å². The predicted octanol–water partition coefficient (Wildman–Crippen LogP) is 2.28. The molecule has 2 atom stereocenters. The molecule has 0 fully saturated rings. The van der Waals surface area contributed by atoms with Crippen LogP contribution in [-0.2, 0) is 13.0 Å². The minimum atomic E-state index is -0.426. The summed E-state index contributed by atoms with van der Waals surface area (Å²) in [6.45, 7) is 2.88. The summed E-state index contributed by atoms with van der Waals surface area (Å²) >= 11 is 0. The summed E-state index contributed by atoms with van der Waals surface area (Å²) in [7, 11) is 0. The summed E-state index contributed by atoms with van der Waals surface area (Å²) in [5.74, 6) is 0.237. The second-order valence-corrected chi connectivity index (χ2v) is 4.58. The molecule has 3 heteroatoms. The number of benzene rings is 1. The molecule has 1 aromatic carbocycles. The molecule has 0 aliphatic heterocycles. The summed E-state index contributed by atoms with van der Waals surface area (Å²) in [5, 5.41) is 14.6. The Kier molecular flexibility index (Phi) is 2.48. The number of hydrogen-bond acceptors (Lipinski definition) is 2. The number of rotatable bonds is 3. The van der Waals surface area contributed by atoms with Crippen LogP contribution in [0.4, 0.5) is 0 Å². The van der Waals surface area contributed by atoms with Gasteiger partial charge in [-0.15, -0.1) is 0 Å². The highest BCUT2D eigenvalue weighted by atomic mass is 16.3. The van der Waals surface area contributed by atoms with Crippen LogP contribution >= 0.6 is 0 Å². The lowest BCUT2D eigenvalue weighted by Gasteiger charge is -2.33. The van der Waals surface area contributed by atoms with E-state index in [0.29, 0.717) is 0 Å². The van der Waals surface area contributed by atoms with Crippen LogP contribution in [0.3, 0.4) is 0 Å². The fourth-order valence-electron chi connectivity index (χ4n) is 2.52. The standard InChI is InChI=1S/C14H16N2O/c1-2-16-9-11(8-15-16)14(17)13-7-10-5-3-4-6-12(10)13/h3-6,8-9,13-14,17H,2,7H2,1H3. The van der Waals surface area contributed by atoms with E-state index in [9.17, 15) is 5.11 Å². The summed E-state index contributed by atoms with van der Waals surface area (Å²) in [6, 6.07) is 8.33. The van der Waals surface area contributed by atoms with Crippen molar-refractivity contribution in [3.05, 3.63) is 53.3 Å². The fourth-order valence-corrected chi connectivity index (χ4v) is 2.52. The Labute approximate surface area is 101 Å². The number of aliphatic hydroxyl groups excluding tert-OH is 1. The fraction of sp³-hybridized carbons (Fsp3) is 0.357.